The van der Waals surface area contributed by atoms with E-state index in [4.69, 9.17) is 5.73 Å². The number of aromatic nitrogens is 2. The van der Waals surface area contributed by atoms with Gasteiger partial charge >= 0.3 is 0 Å². The molecule has 0 saturated heterocycles. The van der Waals surface area contributed by atoms with Gasteiger partial charge in [-0.3, -0.25) is 4.79 Å². The molecule has 0 unspecified atom stereocenters. The predicted molar refractivity (Wildman–Crippen MR) is 61.3 cm³/mol. The number of amides is 1. The Balaban J connectivity index is 1.94. The first-order valence-electron chi connectivity index (χ1n) is 5.59. The van der Waals surface area contributed by atoms with Crippen molar-refractivity contribution in [2.45, 2.75) is 24.8 Å². The third-order valence-corrected chi connectivity index (χ3v) is 3.54. The Hall–Kier alpha value is -1.63. The highest BCUT2D eigenvalue weighted by Crippen LogP contribution is 2.35. The molecule has 1 amide bonds. The first kappa shape index (κ1) is 11.8. The number of likely N-dealkylation sites (N-methyl/N-ethyl adjacent to an activating group) is 1. The molecule has 0 radical (unpaired) electrons. The Labute approximate surface area is 99.3 Å². The van der Waals surface area contributed by atoms with Crippen LogP contribution in [0.1, 0.15) is 29.8 Å². The van der Waals surface area contributed by atoms with Crippen molar-refractivity contribution < 1.29 is 9.42 Å². The largest absolute Gasteiger partial charge is 0.379 e. The van der Waals surface area contributed by atoms with Gasteiger partial charge in [-0.25, -0.2) is 4.63 Å². The van der Waals surface area contributed by atoms with E-state index in [1.165, 1.54) is 6.42 Å². The van der Waals surface area contributed by atoms with Crippen LogP contribution in [0.15, 0.2) is 4.63 Å². The number of carbonyl (C=O) groups excluding carboxylic acids is 1. The summed E-state index contributed by atoms with van der Waals surface area (Å²) in [6.45, 7) is 0.588. The van der Waals surface area contributed by atoms with Crippen LogP contribution in [0, 0.1) is 0 Å². The molecular weight excluding hydrogens is 222 g/mol. The Morgan fingerprint density at radius 1 is 1.53 bits per heavy atom. The summed E-state index contributed by atoms with van der Waals surface area (Å²) >= 11 is 0. The molecule has 7 heteroatoms. The van der Waals surface area contributed by atoms with Crippen LogP contribution in [0.3, 0.4) is 0 Å². The lowest BCUT2D eigenvalue weighted by Crippen LogP contribution is -2.57. The van der Waals surface area contributed by atoms with E-state index >= 15 is 0 Å². The highest BCUT2D eigenvalue weighted by molar-refractivity contribution is 5.96. The van der Waals surface area contributed by atoms with Crippen LogP contribution < -0.4 is 11.1 Å². The van der Waals surface area contributed by atoms with E-state index in [1.54, 1.807) is 0 Å². The van der Waals surface area contributed by atoms with Gasteiger partial charge in [-0.05, 0) is 43.7 Å². The maximum absolute atomic E-state index is 11.8. The second-order valence-corrected chi connectivity index (χ2v) is 4.65. The quantitative estimate of drug-likeness (QED) is 0.759. The summed E-state index contributed by atoms with van der Waals surface area (Å²) in [7, 11) is 4.05. The van der Waals surface area contributed by atoms with E-state index in [-0.39, 0.29) is 23.0 Å². The fourth-order valence-electron chi connectivity index (χ4n) is 2.05. The molecule has 1 aromatic heterocycles. The van der Waals surface area contributed by atoms with E-state index in [9.17, 15) is 4.79 Å². The lowest BCUT2D eigenvalue weighted by Gasteiger charge is -2.47. The first-order chi connectivity index (χ1) is 8.05. The summed E-state index contributed by atoms with van der Waals surface area (Å²) in [5, 5.41) is 9.67. The summed E-state index contributed by atoms with van der Waals surface area (Å²) in [6, 6.07) is 0. The molecule has 1 aliphatic rings. The summed E-state index contributed by atoms with van der Waals surface area (Å²) in [6.07, 6.45) is 3.38. The maximum Gasteiger partial charge on any atom is 0.277 e. The second kappa shape index (κ2) is 4.33. The minimum absolute atomic E-state index is 0.0232. The van der Waals surface area contributed by atoms with Crippen LogP contribution >= 0.6 is 0 Å². The van der Waals surface area contributed by atoms with Crippen LogP contribution in [0.25, 0.3) is 0 Å². The molecule has 0 spiro atoms. The smallest absolute Gasteiger partial charge is 0.277 e. The monoisotopic (exact) mass is 239 g/mol. The van der Waals surface area contributed by atoms with Gasteiger partial charge in [0.05, 0.1) is 0 Å². The number of nitrogens with zero attached hydrogens (tertiary/aromatic N) is 3. The molecule has 0 aliphatic heterocycles. The molecule has 1 heterocycles. The van der Waals surface area contributed by atoms with Crippen molar-refractivity contribution in [2.75, 3.05) is 26.4 Å². The van der Waals surface area contributed by atoms with E-state index in [0.29, 0.717) is 6.54 Å². The number of nitrogens with two attached hydrogens (primary N) is 1. The van der Waals surface area contributed by atoms with Crippen molar-refractivity contribution >= 4 is 11.7 Å². The topological polar surface area (TPSA) is 97.3 Å². The fourth-order valence-corrected chi connectivity index (χ4v) is 2.05. The zero-order valence-electron chi connectivity index (χ0n) is 10.1. The zero-order valence-corrected chi connectivity index (χ0v) is 10.1. The van der Waals surface area contributed by atoms with Crippen molar-refractivity contribution in [1.82, 2.24) is 20.5 Å². The third-order valence-electron chi connectivity index (χ3n) is 3.54. The highest BCUT2D eigenvalue weighted by Gasteiger charge is 2.39. The van der Waals surface area contributed by atoms with Gasteiger partial charge in [0.2, 0.25) is 11.5 Å². The van der Waals surface area contributed by atoms with Crippen LogP contribution in [0.2, 0.25) is 0 Å². The van der Waals surface area contributed by atoms with E-state index < -0.39 is 0 Å². The number of nitrogens with one attached hydrogen (secondary N) is 1. The Morgan fingerprint density at radius 2 is 2.24 bits per heavy atom. The van der Waals surface area contributed by atoms with Crippen molar-refractivity contribution in [1.29, 1.82) is 0 Å². The molecule has 3 N–H and O–H groups in total. The average Bonchev–Trinajstić information content (AvgIpc) is 2.62. The average molecular weight is 239 g/mol. The SMILES string of the molecule is CN(C)C1(CNC(=O)c2nonc2N)CCC1. The molecule has 1 saturated carbocycles. The molecule has 7 nitrogen and oxygen atoms in total. The lowest BCUT2D eigenvalue weighted by atomic mass is 9.75. The van der Waals surface area contributed by atoms with Gasteiger partial charge in [-0.15, -0.1) is 0 Å². The Morgan fingerprint density at radius 3 is 2.65 bits per heavy atom. The zero-order chi connectivity index (χ0) is 12.5. The van der Waals surface area contributed by atoms with Gasteiger partial charge in [0.1, 0.15) is 0 Å². The maximum atomic E-state index is 11.8. The molecule has 0 aromatic carbocycles. The van der Waals surface area contributed by atoms with Gasteiger partial charge in [-0.1, -0.05) is 0 Å². The number of carbonyl (C=O) groups is 1. The minimum Gasteiger partial charge on any atom is -0.379 e. The van der Waals surface area contributed by atoms with Crippen LogP contribution in [0.5, 0.6) is 0 Å². The molecule has 17 heavy (non-hydrogen) atoms. The predicted octanol–water partition coefficient (Wildman–Crippen LogP) is -0.134. The first-order valence-corrected chi connectivity index (χ1v) is 5.59. The standard InChI is InChI=1S/C10H17N5O2/c1-15(2)10(4-3-5-10)6-12-9(16)7-8(11)14-17-13-7/h3-6H2,1-2H3,(H2,11,14)(H,12,16). The van der Waals surface area contributed by atoms with Crippen molar-refractivity contribution in [3.63, 3.8) is 0 Å². The summed E-state index contributed by atoms with van der Waals surface area (Å²) in [5.41, 5.74) is 5.57. The van der Waals surface area contributed by atoms with Gasteiger partial charge in [0.25, 0.3) is 5.91 Å². The van der Waals surface area contributed by atoms with Crippen molar-refractivity contribution in [3.8, 4) is 0 Å². The van der Waals surface area contributed by atoms with Crippen LogP contribution in [-0.4, -0.2) is 47.3 Å². The van der Waals surface area contributed by atoms with E-state index in [0.717, 1.165) is 12.8 Å². The number of anilines is 1. The number of rotatable bonds is 4. The van der Waals surface area contributed by atoms with Gasteiger partial charge in [0.15, 0.2) is 0 Å². The molecule has 1 aromatic rings. The molecule has 1 aliphatic carbocycles. The van der Waals surface area contributed by atoms with Crippen molar-refractivity contribution in [3.05, 3.63) is 5.69 Å². The van der Waals surface area contributed by atoms with Crippen molar-refractivity contribution in [2.24, 2.45) is 0 Å². The molecule has 0 bridgehead atoms. The molecule has 94 valence electrons. The number of hydrogen-bond acceptors (Lipinski definition) is 6. The van der Waals surface area contributed by atoms with Gasteiger partial charge < -0.3 is 16.0 Å². The summed E-state index contributed by atoms with van der Waals surface area (Å²) in [4.78, 5) is 13.9. The van der Waals surface area contributed by atoms with E-state index in [1.807, 2.05) is 14.1 Å². The Bertz CT molecular complexity index is 411. The number of hydrogen-bond donors (Lipinski definition) is 2. The fraction of sp³-hybridized carbons (Fsp3) is 0.700. The normalized spacial score (nSPS) is 17.8. The summed E-state index contributed by atoms with van der Waals surface area (Å²) < 4.78 is 4.39. The van der Waals surface area contributed by atoms with Crippen LogP contribution in [-0.2, 0) is 0 Å². The number of nitrogen functional groups attached to an aromatic ring is 1. The molecular formula is C10H17N5O2. The van der Waals surface area contributed by atoms with Gasteiger partial charge in [0, 0.05) is 12.1 Å². The van der Waals surface area contributed by atoms with Gasteiger partial charge in [-0.2, -0.15) is 0 Å². The van der Waals surface area contributed by atoms with Crippen LogP contribution in [0.4, 0.5) is 5.82 Å². The Kier molecular flexibility index (Phi) is 3.01. The highest BCUT2D eigenvalue weighted by atomic mass is 16.6. The molecule has 1 fully saturated rings. The molecule has 0 atom stereocenters. The van der Waals surface area contributed by atoms with E-state index in [2.05, 4.69) is 25.2 Å². The third kappa shape index (κ3) is 2.10. The lowest BCUT2D eigenvalue weighted by molar-refractivity contribution is 0.0555. The molecule has 2 rings (SSSR count). The second-order valence-electron chi connectivity index (χ2n) is 4.65. The summed E-state index contributed by atoms with van der Waals surface area (Å²) in [5.74, 6) is -0.313. The minimum atomic E-state index is -0.336.